The Hall–Kier alpha value is -0.980. The highest BCUT2D eigenvalue weighted by molar-refractivity contribution is 7.93. The first-order valence-corrected chi connectivity index (χ1v) is 3.46. The predicted molar refractivity (Wildman–Crippen MR) is 39.6 cm³/mol. The van der Waals surface area contributed by atoms with Crippen LogP contribution in [0.15, 0.2) is 29.2 Å². The summed E-state index contributed by atoms with van der Waals surface area (Å²) < 4.78 is 8.56. The van der Waals surface area contributed by atoms with E-state index in [1.807, 2.05) is 6.07 Å². The van der Waals surface area contributed by atoms with Crippen molar-refractivity contribution in [2.75, 3.05) is 0 Å². The molecule has 1 rings (SSSR count). The van der Waals surface area contributed by atoms with Gasteiger partial charge in [0.1, 0.15) is 0 Å². The number of hydrogen-bond acceptors (Lipinski definition) is 3. The molecule has 50 valence electrons. The quantitative estimate of drug-likeness (QED) is 0.625. The van der Waals surface area contributed by atoms with Crippen LogP contribution in [-0.2, 0) is 0 Å². The zero-order valence-electron chi connectivity index (χ0n) is 5.11. The average molecular weight is 151 g/mol. The van der Waals surface area contributed by atoms with Gasteiger partial charge in [-0.2, -0.15) is 5.26 Å². The van der Waals surface area contributed by atoms with Gasteiger partial charge in [-0.3, -0.25) is 0 Å². The standard InChI is InChI=1S/C7H5NOS/c8-5-6-2-1-3-7(4-6)10-9/h1-4,9H. The number of benzene rings is 1. The topological polar surface area (TPSA) is 44.0 Å². The fraction of sp³-hybridized carbons (Fsp3) is 0. The molecule has 0 saturated carbocycles. The van der Waals surface area contributed by atoms with Crippen LogP contribution in [-0.4, -0.2) is 4.55 Å². The van der Waals surface area contributed by atoms with Crippen molar-refractivity contribution in [3.63, 3.8) is 0 Å². The number of hydrogen-bond donors (Lipinski definition) is 1. The van der Waals surface area contributed by atoms with Crippen LogP contribution in [0.2, 0.25) is 0 Å². The number of rotatable bonds is 1. The fourth-order valence-electron chi connectivity index (χ4n) is 0.622. The Labute approximate surface area is 63.3 Å². The smallest absolute Gasteiger partial charge is 0.0992 e. The molecule has 0 bridgehead atoms. The van der Waals surface area contributed by atoms with E-state index in [0.29, 0.717) is 22.5 Å². The summed E-state index contributed by atoms with van der Waals surface area (Å²) in [6.07, 6.45) is 0. The maximum absolute atomic E-state index is 8.56. The van der Waals surface area contributed by atoms with E-state index in [4.69, 9.17) is 9.81 Å². The highest BCUT2D eigenvalue weighted by atomic mass is 32.2. The molecule has 0 spiro atoms. The van der Waals surface area contributed by atoms with Crippen LogP contribution in [0, 0.1) is 11.3 Å². The van der Waals surface area contributed by atoms with Crippen LogP contribution in [0.1, 0.15) is 5.56 Å². The maximum atomic E-state index is 8.56. The fourth-order valence-corrected chi connectivity index (χ4v) is 0.942. The SMILES string of the molecule is N#Cc1cccc(SO)c1. The first kappa shape index (κ1) is 7.13. The van der Waals surface area contributed by atoms with E-state index in [9.17, 15) is 0 Å². The second-order valence-electron chi connectivity index (χ2n) is 1.73. The van der Waals surface area contributed by atoms with Gasteiger partial charge in [0, 0.05) is 16.9 Å². The lowest BCUT2D eigenvalue weighted by Crippen LogP contribution is -1.73. The predicted octanol–water partition coefficient (Wildman–Crippen LogP) is 2.12. The van der Waals surface area contributed by atoms with E-state index in [-0.39, 0.29) is 0 Å². The van der Waals surface area contributed by atoms with Gasteiger partial charge in [-0.1, -0.05) is 6.07 Å². The van der Waals surface area contributed by atoms with Gasteiger partial charge in [0.15, 0.2) is 0 Å². The Morgan fingerprint density at radius 3 is 2.90 bits per heavy atom. The molecule has 2 nitrogen and oxygen atoms in total. The van der Waals surface area contributed by atoms with Crippen LogP contribution < -0.4 is 0 Å². The monoisotopic (exact) mass is 151 g/mol. The number of nitrogens with zero attached hydrogens (tertiary/aromatic N) is 1. The van der Waals surface area contributed by atoms with Crippen molar-refractivity contribution >= 4 is 12.0 Å². The van der Waals surface area contributed by atoms with Gasteiger partial charge < -0.3 is 4.55 Å². The van der Waals surface area contributed by atoms with E-state index in [0.717, 1.165) is 0 Å². The van der Waals surface area contributed by atoms with Gasteiger partial charge in [-0.25, -0.2) is 0 Å². The molecule has 1 aromatic carbocycles. The molecule has 0 saturated heterocycles. The Balaban J connectivity index is 3.01. The molecule has 0 amide bonds. The molecule has 0 unspecified atom stereocenters. The summed E-state index contributed by atoms with van der Waals surface area (Å²) in [6, 6.07) is 8.78. The van der Waals surface area contributed by atoms with Crippen LogP contribution in [0.25, 0.3) is 0 Å². The van der Waals surface area contributed by atoms with Crippen LogP contribution in [0.4, 0.5) is 0 Å². The Kier molecular flexibility index (Phi) is 2.32. The zero-order valence-corrected chi connectivity index (χ0v) is 5.93. The first-order valence-electron chi connectivity index (χ1n) is 2.68. The summed E-state index contributed by atoms with van der Waals surface area (Å²) in [6.45, 7) is 0. The third kappa shape index (κ3) is 1.50. The molecular formula is C7H5NOS. The van der Waals surface area contributed by atoms with Gasteiger partial charge in [-0.15, -0.1) is 0 Å². The second-order valence-corrected chi connectivity index (χ2v) is 2.38. The minimum Gasteiger partial charge on any atom is -0.325 e. The van der Waals surface area contributed by atoms with Crippen LogP contribution in [0.5, 0.6) is 0 Å². The summed E-state index contributed by atoms with van der Waals surface area (Å²) in [5.74, 6) is 0. The van der Waals surface area contributed by atoms with Crippen LogP contribution >= 0.6 is 12.0 Å². The minimum atomic E-state index is 0.569. The van der Waals surface area contributed by atoms with Crippen molar-refractivity contribution in [2.24, 2.45) is 0 Å². The summed E-state index contributed by atoms with van der Waals surface area (Å²) in [5, 5.41) is 8.42. The average Bonchev–Trinajstić information content (AvgIpc) is 2.05. The lowest BCUT2D eigenvalue weighted by Gasteiger charge is -1.91. The number of nitriles is 1. The zero-order chi connectivity index (χ0) is 7.40. The summed E-state index contributed by atoms with van der Waals surface area (Å²) >= 11 is 0.647. The molecule has 0 aliphatic heterocycles. The molecule has 0 aliphatic rings. The summed E-state index contributed by atoms with van der Waals surface area (Å²) in [5.41, 5.74) is 0.569. The van der Waals surface area contributed by atoms with Gasteiger partial charge in [0.2, 0.25) is 0 Å². The van der Waals surface area contributed by atoms with E-state index in [1.165, 1.54) is 0 Å². The van der Waals surface area contributed by atoms with Crippen molar-refractivity contribution in [2.45, 2.75) is 4.90 Å². The molecule has 0 radical (unpaired) electrons. The van der Waals surface area contributed by atoms with Gasteiger partial charge >= 0.3 is 0 Å². The highest BCUT2D eigenvalue weighted by Gasteiger charge is 1.91. The van der Waals surface area contributed by atoms with Crippen molar-refractivity contribution in [3.05, 3.63) is 29.8 Å². The molecule has 0 heterocycles. The van der Waals surface area contributed by atoms with Crippen molar-refractivity contribution in [1.82, 2.24) is 0 Å². The molecule has 1 aromatic rings. The first-order chi connectivity index (χ1) is 4.86. The van der Waals surface area contributed by atoms with E-state index in [2.05, 4.69) is 0 Å². The lowest BCUT2D eigenvalue weighted by atomic mass is 10.2. The molecule has 1 N–H and O–H groups in total. The lowest BCUT2D eigenvalue weighted by molar-refractivity contribution is 0.664. The van der Waals surface area contributed by atoms with Gasteiger partial charge in [-0.05, 0) is 18.2 Å². The van der Waals surface area contributed by atoms with Gasteiger partial charge in [0.05, 0.1) is 11.6 Å². The molecule has 0 aromatic heterocycles. The van der Waals surface area contributed by atoms with Crippen molar-refractivity contribution < 1.29 is 4.55 Å². The molecule has 0 aliphatic carbocycles. The maximum Gasteiger partial charge on any atom is 0.0992 e. The van der Waals surface area contributed by atoms with Crippen molar-refractivity contribution in [3.8, 4) is 6.07 Å². The van der Waals surface area contributed by atoms with E-state index < -0.39 is 0 Å². The van der Waals surface area contributed by atoms with Crippen LogP contribution in [0.3, 0.4) is 0 Å². The molecule has 10 heavy (non-hydrogen) atoms. The minimum absolute atomic E-state index is 0.569. The Bertz CT molecular complexity index is 267. The summed E-state index contributed by atoms with van der Waals surface area (Å²) in [4.78, 5) is 0.694. The largest absolute Gasteiger partial charge is 0.325 e. The highest BCUT2D eigenvalue weighted by Crippen LogP contribution is 2.14. The third-order valence-electron chi connectivity index (χ3n) is 1.07. The normalized spacial score (nSPS) is 8.80. The van der Waals surface area contributed by atoms with E-state index >= 15 is 0 Å². The van der Waals surface area contributed by atoms with E-state index in [1.54, 1.807) is 24.3 Å². The molecular weight excluding hydrogens is 146 g/mol. The van der Waals surface area contributed by atoms with Crippen molar-refractivity contribution in [1.29, 1.82) is 5.26 Å². The van der Waals surface area contributed by atoms with Gasteiger partial charge in [0.25, 0.3) is 0 Å². The molecule has 0 atom stereocenters. The molecule has 3 heteroatoms. The Morgan fingerprint density at radius 2 is 2.30 bits per heavy atom. The molecule has 0 fully saturated rings. The third-order valence-corrected chi connectivity index (χ3v) is 1.53. The summed E-state index contributed by atoms with van der Waals surface area (Å²) in [7, 11) is 0. The second kappa shape index (κ2) is 3.25. The Morgan fingerprint density at radius 1 is 1.50 bits per heavy atom.